The zero-order valence-corrected chi connectivity index (χ0v) is 41.3. The van der Waals surface area contributed by atoms with E-state index in [9.17, 15) is 24.3 Å². The van der Waals surface area contributed by atoms with Gasteiger partial charge in [0.2, 0.25) is 0 Å². The SMILES string of the molecule is CC[C@H]1OC(=O)[C@H](C)C(=O)[C@H](C)[C@@H](O[C@@H]2O[C@H](C)C[C@H](N(C)C)[C@H]2O)[C@@](C)(OCC#Cc2ccc(C(=O)NCCc3cnc4ccccc4c3)s2)C[C@@H](C)C2=NCCN3C(=O)O[C@@]1(C)[C@H]3[C@H]2C. The van der Waals surface area contributed by atoms with Crippen LogP contribution in [0.3, 0.4) is 0 Å². The number of benzene rings is 1. The van der Waals surface area contributed by atoms with E-state index >= 15 is 0 Å². The molecule has 3 fully saturated rings. The molecule has 0 radical (unpaired) electrons. The van der Waals surface area contributed by atoms with Gasteiger partial charge in [0.15, 0.2) is 17.7 Å². The van der Waals surface area contributed by atoms with Crippen molar-refractivity contribution in [3.05, 3.63) is 64.0 Å². The Morgan fingerprint density at radius 1 is 1.07 bits per heavy atom. The van der Waals surface area contributed by atoms with Crippen molar-refractivity contribution in [3.63, 3.8) is 0 Å². The summed E-state index contributed by atoms with van der Waals surface area (Å²) in [6.45, 7) is 15.8. The molecule has 2 N–H and O–H groups in total. The number of ketones is 1. The molecule has 67 heavy (non-hydrogen) atoms. The molecular formula is C51H67N5O10S. The Labute approximate surface area is 398 Å². The molecular weight excluding hydrogens is 875 g/mol. The number of aliphatic imine (C=N–C) groups is 1. The Balaban J connectivity index is 1.17. The molecule has 13 atom stereocenters. The van der Waals surface area contributed by atoms with E-state index in [1.807, 2.05) is 84.1 Å². The fourth-order valence-electron chi connectivity index (χ4n) is 10.8. The minimum Gasteiger partial charge on any atom is -0.458 e. The van der Waals surface area contributed by atoms with Crippen molar-refractivity contribution in [2.24, 2.45) is 28.7 Å². The first-order valence-electron chi connectivity index (χ1n) is 23.6. The molecule has 0 aliphatic carbocycles. The van der Waals surface area contributed by atoms with Crippen LogP contribution in [0.1, 0.15) is 94.8 Å². The van der Waals surface area contributed by atoms with Gasteiger partial charge in [-0.2, -0.15) is 0 Å². The number of cyclic esters (lactones) is 1. The molecule has 15 nitrogen and oxygen atoms in total. The number of thiophene rings is 1. The van der Waals surface area contributed by atoms with Crippen LogP contribution < -0.4 is 5.32 Å². The lowest BCUT2D eigenvalue weighted by Crippen LogP contribution is -2.60. The molecule has 3 saturated heterocycles. The molecule has 0 unspecified atom stereocenters. The van der Waals surface area contributed by atoms with Gasteiger partial charge in [0, 0.05) is 48.3 Å². The molecule has 2 amide bonds. The number of nitrogens with one attached hydrogen (secondary N) is 1. The number of Topliss-reactive ketones (excluding diaryl/α,β-unsaturated/α-hetero) is 1. The number of hydrogen-bond donors (Lipinski definition) is 2. The van der Waals surface area contributed by atoms with Crippen molar-refractivity contribution < 1.29 is 48.0 Å². The van der Waals surface area contributed by atoms with E-state index in [2.05, 4.69) is 35.1 Å². The Hall–Kier alpha value is -4.76. The summed E-state index contributed by atoms with van der Waals surface area (Å²) in [7, 11) is 3.78. The zero-order valence-electron chi connectivity index (χ0n) is 40.4. The Morgan fingerprint density at radius 2 is 1.84 bits per heavy atom. The van der Waals surface area contributed by atoms with Crippen LogP contribution in [0.5, 0.6) is 0 Å². The number of para-hydroxylation sites is 1. The number of rotatable bonds is 10. The number of amides is 2. The first-order valence-corrected chi connectivity index (χ1v) is 24.4. The van der Waals surface area contributed by atoms with E-state index in [1.54, 1.807) is 24.0 Å². The number of nitrogens with zero attached hydrogens (tertiary/aromatic N) is 4. The average molecular weight is 942 g/mol. The average Bonchev–Trinajstić information content (AvgIpc) is 3.82. The summed E-state index contributed by atoms with van der Waals surface area (Å²) in [4.78, 5) is 69.9. The lowest BCUT2D eigenvalue weighted by molar-refractivity contribution is -0.296. The van der Waals surface area contributed by atoms with Crippen LogP contribution in [-0.2, 0) is 39.7 Å². The van der Waals surface area contributed by atoms with Gasteiger partial charge in [-0.25, -0.2) is 4.79 Å². The first-order chi connectivity index (χ1) is 31.8. The van der Waals surface area contributed by atoms with Crippen LogP contribution >= 0.6 is 11.3 Å². The van der Waals surface area contributed by atoms with E-state index in [0.29, 0.717) is 48.7 Å². The first kappa shape index (κ1) is 50.1. The number of fused-ring (bicyclic) bond motifs is 2. The molecule has 4 aliphatic heterocycles. The van der Waals surface area contributed by atoms with E-state index < -0.39 is 71.5 Å². The molecule has 362 valence electrons. The van der Waals surface area contributed by atoms with Crippen molar-refractivity contribution in [2.75, 3.05) is 40.3 Å². The number of carbonyl (C=O) groups excluding carboxylic acids is 4. The maximum atomic E-state index is 14.7. The van der Waals surface area contributed by atoms with Gasteiger partial charge in [-0.15, -0.1) is 11.3 Å². The van der Waals surface area contributed by atoms with E-state index in [-0.39, 0.29) is 42.9 Å². The lowest BCUT2D eigenvalue weighted by Gasteiger charge is -2.47. The summed E-state index contributed by atoms with van der Waals surface area (Å²) in [5.41, 5.74) is 0.254. The normalized spacial score (nSPS) is 33.8. The second-order valence-corrected chi connectivity index (χ2v) is 20.5. The monoisotopic (exact) mass is 941 g/mol. The maximum absolute atomic E-state index is 14.7. The van der Waals surface area contributed by atoms with Crippen LogP contribution in [0.4, 0.5) is 4.79 Å². The number of likely N-dealkylation sites (N-methyl/N-ethyl adjacent to an activating group) is 1. The highest BCUT2D eigenvalue weighted by Gasteiger charge is 2.60. The van der Waals surface area contributed by atoms with Crippen LogP contribution in [0.25, 0.3) is 10.9 Å². The number of hydrogen-bond acceptors (Lipinski definition) is 14. The van der Waals surface area contributed by atoms with Crippen molar-refractivity contribution >= 4 is 51.7 Å². The number of carbonyl (C=O) groups is 4. The van der Waals surface area contributed by atoms with E-state index in [0.717, 1.165) is 22.2 Å². The van der Waals surface area contributed by atoms with E-state index in [1.165, 1.54) is 18.3 Å². The molecule has 1 aromatic carbocycles. The third-order valence-corrected chi connectivity index (χ3v) is 15.2. The molecule has 16 heteroatoms. The summed E-state index contributed by atoms with van der Waals surface area (Å²) in [6.07, 6.45) is -1.26. The standard InChI is InChI=1S/C51H67N5O10S/c1-11-40-51(8)44-31(4)41(52-22-23-56(44)49(61)66-51)29(2)27-50(7,45(32(5)42(57)33(6)47(60)64-40)65-48-43(58)38(55(9)10)25-30(3)63-48)62-24-14-16-36-18-19-39(67-36)46(59)53-21-20-34-26-35-15-12-13-17-37(35)54-28-34/h12-13,15,17-19,26,28-33,38,40,43-45,48,58H,11,20-25,27H2,1-10H3,(H,53,59)/t29-,30-,31+,32+,33-,38+,40-,43-,44-,45-,48+,50+,51-/m1/s1. The number of aliphatic hydroxyl groups is 1. The van der Waals surface area contributed by atoms with Crippen molar-refractivity contribution in [2.45, 2.75) is 135 Å². The van der Waals surface area contributed by atoms with Gasteiger partial charge in [-0.05, 0) is 103 Å². The van der Waals surface area contributed by atoms with Gasteiger partial charge in [0.1, 0.15) is 24.7 Å². The fourth-order valence-corrected chi connectivity index (χ4v) is 11.6. The molecule has 0 saturated carbocycles. The minimum atomic E-state index is -1.30. The second kappa shape index (κ2) is 20.9. The molecule has 2 aromatic heterocycles. The third kappa shape index (κ3) is 10.6. The highest BCUT2D eigenvalue weighted by atomic mass is 32.1. The second-order valence-electron chi connectivity index (χ2n) is 19.4. The summed E-state index contributed by atoms with van der Waals surface area (Å²) in [5.74, 6) is 2.09. The van der Waals surface area contributed by atoms with Gasteiger partial charge in [-0.1, -0.05) is 57.7 Å². The van der Waals surface area contributed by atoms with Crippen LogP contribution in [-0.4, -0.2) is 144 Å². The summed E-state index contributed by atoms with van der Waals surface area (Å²) in [6, 6.07) is 12.7. The van der Waals surface area contributed by atoms with Crippen molar-refractivity contribution in [1.29, 1.82) is 0 Å². The van der Waals surface area contributed by atoms with Gasteiger partial charge < -0.3 is 39.0 Å². The predicted molar refractivity (Wildman–Crippen MR) is 255 cm³/mol. The number of aliphatic hydroxyl groups excluding tert-OH is 1. The summed E-state index contributed by atoms with van der Waals surface area (Å²) in [5, 5.41) is 15.8. The molecule has 2 bridgehead atoms. The lowest BCUT2D eigenvalue weighted by atomic mass is 9.73. The Bertz CT molecular complexity index is 2400. The van der Waals surface area contributed by atoms with Gasteiger partial charge >= 0.3 is 12.1 Å². The molecule has 7 rings (SSSR count). The number of pyridine rings is 1. The van der Waals surface area contributed by atoms with Crippen molar-refractivity contribution in [1.82, 2.24) is 20.1 Å². The Morgan fingerprint density at radius 3 is 2.58 bits per heavy atom. The fraction of sp³-hybridized carbons (Fsp3) is 0.608. The number of esters is 1. The molecule has 0 spiro atoms. The maximum Gasteiger partial charge on any atom is 0.410 e. The van der Waals surface area contributed by atoms with Gasteiger partial charge in [-0.3, -0.25) is 29.3 Å². The van der Waals surface area contributed by atoms with Crippen LogP contribution in [0, 0.1) is 35.5 Å². The summed E-state index contributed by atoms with van der Waals surface area (Å²) >= 11 is 1.27. The summed E-state index contributed by atoms with van der Waals surface area (Å²) < 4.78 is 32.3. The van der Waals surface area contributed by atoms with Gasteiger partial charge in [0.25, 0.3) is 5.91 Å². The van der Waals surface area contributed by atoms with Crippen LogP contribution in [0.2, 0.25) is 0 Å². The number of ether oxygens (including phenoxy) is 5. The molecule has 3 aromatic rings. The quantitative estimate of drug-likeness (QED) is 0.136. The number of aromatic nitrogens is 1. The van der Waals surface area contributed by atoms with E-state index in [4.69, 9.17) is 28.7 Å². The Kier molecular flexibility index (Phi) is 15.6. The largest absolute Gasteiger partial charge is 0.458 e. The van der Waals surface area contributed by atoms with Crippen molar-refractivity contribution in [3.8, 4) is 11.8 Å². The predicted octanol–water partition coefficient (Wildman–Crippen LogP) is 6.08. The molecule has 6 heterocycles. The third-order valence-electron chi connectivity index (χ3n) is 14.2. The topological polar surface area (TPSA) is 178 Å². The minimum absolute atomic E-state index is 0.0946. The van der Waals surface area contributed by atoms with Crippen LogP contribution in [0.15, 0.2) is 53.7 Å². The highest BCUT2D eigenvalue weighted by Crippen LogP contribution is 2.44. The molecule has 4 aliphatic rings. The van der Waals surface area contributed by atoms with Gasteiger partial charge in [0.05, 0.1) is 45.7 Å². The smallest absolute Gasteiger partial charge is 0.410 e. The zero-order chi connectivity index (χ0) is 48.4. The highest BCUT2D eigenvalue weighted by molar-refractivity contribution is 7.14.